The van der Waals surface area contributed by atoms with Crippen molar-refractivity contribution in [1.82, 2.24) is 5.43 Å². The van der Waals surface area contributed by atoms with Crippen molar-refractivity contribution in [2.24, 2.45) is 5.10 Å². The summed E-state index contributed by atoms with van der Waals surface area (Å²) in [4.78, 5) is 12.4. The second-order valence-electron chi connectivity index (χ2n) is 6.74. The molecule has 0 aliphatic rings. The van der Waals surface area contributed by atoms with Crippen LogP contribution in [0.15, 0.2) is 84.0 Å². The third-order valence-corrected chi connectivity index (χ3v) is 5.64. The molecule has 0 radical (unpaired) electrons. The number of benzene rings is 3. The van der Waals surface area contributed by atoms with Crippen molar-refractivity contribution in [2.75, 3.05) is 17.7 Å². The first-order valence-electron chi connectivity index (χ1n) is 9.46. The van der Waals surface area contributed by atoms with E-state index in [1.165, 1.54) is 10.5 Å². The number of hydrogen-bond donors (Lipinski definition) is 1. The Morgan fingerprint density at radius 2 is 1.65 bits per heavy atom. The molecule has 0 bridgehead atoms. The molecular weight excluding hydrogens is 414 g/mol. The highest BCUT2D eigenvalue weighted by Crippen LogP contribution is 2.21. The van der Waals surface area contributed by atoms with E-state index in [-0.39, 0.29) is 6.54 Å². The molecule has 0 spiro atoms. The Balaban J connectivity index is 1.71. The highest BCUT2D eigenvalue weighted by atomic mass is 32.2. The van der Waals surface area contributed by atoms with Crippen molar-refractivity contribution < 1.29 is 17.9 Å². The van der Waals surface area contributed by atoms with E-state index in [4.69, 9.17) is 4.74 Å². The molecular formula is C23H23N3O4S. The van der Waals surface area contributed by atoms with Crippen LogP contribution in [0.25, 0.3) is 0 Å². The number of carbonyl (C=O) groups excluding carboxylic acids is 1. The topological polar surface area (TPSA) is 88.1 Å². The number of hydrogen-bond acceptors (Lipinski definition) is 5. The maximum atomic E-state index is 12.4. The number of nitrogens with zero attached hydrogens (tertiary/aromatic N) is 2. The Kier molecular flexibility index (Phi) is 7.04. The lowest BCUT2D eigenvalue weighted by molar-refractivity contribution is 0.0955. The van der Waals surface area contributed by atoms with Gasteiger partial charge in [0.15, 0.2) is 0 Å². The van der Waals surface area contributed by atoms with E-state index in [9.17, 15) is 13.2 Å². The van der Waals surface area contributed by atoms with Crippen molar-refractivity contribution in [3.63, 3.8) is 0 Å². The van der Waals surface area contributed by atoms with Crippen molar-refractivity contribution in [1.29, 1.82) is 0 Å². The molecule has 8 heteroatoms. The number of carbonyl (C=O) groups is 1. The van der Waals surface area contributed by atoms with Crippen LogP contribution >= 0.6 is 0 Å². The Morgan fingerprint density at radius 3 is 2.29 bits per heavy atom. The zero-order chi connectivity index (χ0) is 22.3. The standard InChI is InChI=1S/C23H23N3O4S/c1-30-22-11-7-6-10-20(22)16-24-25-23(27)19-12-14-21(15-13-19)26(31(2,28)29)17-18-8-4-3-5-9-18/h3-16H,17H2,1-2H3,(H,25,27)/b24-16+. The monoisotopic (exact) mass is 437 g/mol. The lowest BCUT2D eigenvalue weighted by atomic mass is 10.2. The van der Waals surface area contributed by atoms with Gasteiger partial charge in [0.25, 0.3) is 5.91 Å². The summed E-state index contributed by atoms with van der Waals surface area (Å²) in [5.41, 5.74) is 4.88. The van der Waals surface area contributed by atoms with E-state index in [1.54, 1.807) is 37.4 Å². The largest absolute Gasteiger partial charge is 0.496 e. The predicted molar refractivity (Wildman–Crippen MR) is 122 cm³/mol. The van der Waals surface area contributed by atoms with E-state index in [1.807, 2.05) is 48.5 Å². The maximum Gasteiger partial charge on any atom is 0.271 e. The molecule has 3 aromatic carbocycles. The third-order valence-electron chi connectivity index (χ3n) is 4.50. The lowest BCUT2D eigenvalue weighted by Crippen LogP contribution is -2.29. The number of anilines is 1. The Bertz CT molecular complexity index is 1160. The van der Waals surface area contributed by atoms with Crippen LogP contribution in [0.4, 0.5) is 5.69 Å². The van der Waals surface area contributed by atoms with Gasteiger partial charge in [0.05, 0.1) is 31.8 Å². The Morgan fingerprint density at radius 1 is 1.00 bits per heavy atom. The first kappa shape index (κ1) is 22.0. The van der Waals surface area contributed by atoms with E-state index >= 15 is 0 Å². The van der Waals surface area contributed by atoms with Crippen molar-refractivity contribution in [2.45, 2.75) is 6.54 Å². The number of sulfonamides is 1. The molecule has 0 aliphatic heterocycles. The van der Waals surface area contributed by atoms with E-state index in [0.29, 0.717) is 17.0 Å². The van der Waals surface area contributed by atoms with Gasteiger partial charge in [-0.2, -0.15) is 5.10 Å². The second kappa shape index (κ2) is 9.90. The van der Waals surface area contributed by atoms with Crippen LogP contribution in [0.2, 0.25) is 0 Å². The van der Waals surface area contributed by atoms with Gasteiger partial charge in [0.1, 0.15) is 5.75 Å². The molecule has 3 rings (SSSR count). The van der Waals surface area contributed by atoms with Gasteiger partial charge in [-0.1, -0.05) is 42.5 Å². The average Bonchev–Trinajstić information content (AvgIpc) is 2.78. The Labute approximate surface area is 182 Å². The fraction of sp³-hybridized carbons (Fsp3) is 0.130. The van der Waals surface area contributed by atoms with Crippen LogP contribution in [0.5, 0.6) is 5.75 Å². The van der Waals surface area contributed by atoms with Crippen LogP contribution < -0.4 is 14.5 Å². The highest BCUT2D eigenvalue weighted by Gasteiger charge is 2.18. The first-order valence-corrected chi connectivity index (χ1v) is 11.3. The van der Waals surface area contributed by atoms with Crippen LogP contribution in [0.3, 0.4) is 0 Å². The molecule has 1 N–H and O–H groups in total. The smallest absolute Gasteiger partial charge is 0.271 e. The minimum atomic E-state index is -3.50. The number of nitrogens with one attached hydrogen (secondary N) is 1. The summed E-state index contributed by atoms with van der Waals surface area (Å²) in [5.74, 6) is 0.232. The minimum Gasteiger partial charge on any atom is -0.496 e. The highest BCUT2D eigenvalue weighted by molar-refractivity contribution is 7.92. The van der Waals surface area contributed by atoms with Crippen molar-refractivity contribution in [3.8, 4) is 5.75 Å². The summed E-state index contributed by atoms with van der Waals surface area (Å²) in [6.45, 7) is 0.203. The number of ether oxygens (including phenoxy) is 1. The lowest BCUT2D eigenvalue weighted by Gasteiger charge is -2.22. The first-order chi connectivity index (χ1) is 14.9. The van der Waals surface area contributed by atoms with Crippen LogP contribution in [0.1, 0.15) is 21.5 Å². The average molecular weight is 438 g/mol. The van der Waals surface area contributed by atoms with Crippen LogP contribution in [0, 0.1) is 0 Å². The number of amides is 1. The van der Waals surface area contributed by atoms with Gasteiger partial charge < -0.3 is 4.74 Å². The second-order valence-corrected chi connectivity index (χ2v) is 8.65. The molecule has 0 unspecified atom stereocenters. The molecule has 0 aromatic heterocycles. The zero-order valence-corrected chi connectivity index (χ0v) is 18.0. The fourth-order valence-corrected chi connectivity index (χ4v) is 3.81. The molecule has 1 amide bonds. The molecule has 0 saturated heterocycles. The summed E-state index contributed by atoms with van der Waals surface area (Å²) in [5, 5.41) is 3.97. The van der Waals surface area contributed by atoms with Gasteiger partial charge in [-0.05, 0) is 42.0 Å². The summed E-state index contributed by atoms with van der Waals surface area (Å²) in [7, 11) is -1.94. The summed E-state index contributed by atoms with van der Waals surface area (Å²) in [6, 6.07) is 22.9. The maximum absolute atomic E-state index is 12.4. The number of rotatable bonds is 8. The number of methoxy groups -OCH3 is 1. The third kappa shape index (κ3) is 5.93. The summed E-state index contributed by atoms with van der Waals surface area (Å²) < 4.78 is 31.1. The van der Waals surface area contributed by atoms with Crippen molar-refractivity contribution in [3.05, 3.63) is 95.6 Å². The van der Waals surface area contributed by atoms with Gasteiger partial charge in [-0.3, -0.25) is 9.10 Å². The van der Waals surface area contributed by atoms with E-state index in [2.05, 4.69) is 10.5 Å². The molecule has 31 heavy (non-hydrogen) atoms. The SMILES string of the molecule is COc1ccccc1/C=N/NC(=O)c1ccc(N(Cc2ccccc2)S(C)(=O)=O)cc1. The molecule has 0 fully saturated rings. The van der Waals surface area contributed by atoms with Crippen LogP contribution in [-0.4, -0.2) is 33.9 Å². The van der Waals surface area contributed by atoms with Crippen LogP contribution in [-0.2, 0) is 16.6 Å². The van der Waals surface area contributed by atoms with Crippen molar-refractivity contribution >= 4 is 27.8 Å². The molecule has 0 aliphatic carbocycles. The summed E-state index contributed by atoms with van der Waals surface area (Å²) >= 11 is 0. The molecule has 0 atom stereocenters. The van der Waals surface area contributed by atoms with Gasteiger partial charge in [-0.25, -0.2) is 13.8 Å². The quantitative estimate of drug-likeness (QED) is 0.432. The summed E-state index contributed by atoms with van der Waals surface area (Å²) in [6.07, 6.45) is 2.65. The van der Waals surface area contributed by atoms with E-state index < -0.39 is 15.9 Å². The number of para-hydroxylation sites is 1. The van der Waals surface area contributed by atoms with Gasteiger partial charge in [0, 0.05) is 11.1 Å². The molecule has 7 nitrogen and oxygen atoms in total. The van der Waals surface area contributed by atoms with E-state index in [0.717, 1.165) is 17.4 Å². The zero-order valence-electron chi connectivity index (χ0n) is 17.2. The van der Waals surface area contributed by atoms with Gasteiger partial charge >= 0.3 is 0 Å². The molecule has 0 heterocycles. The fourth-order valence-electron chi connectivity index (χ4n) is 2.93. The predicted octanol–water partition coefficient (Wildman–Crippen LogP) is 3.43. The van der Waals surface area contributed by atoms with Gasteiger partial charge in [0.2, 0.25) is 10.0 Å². The minimum absolute atomic E-state index is 0.203. The Hall–Kier alpha value is -3.65. The molecule has 3 aromatic rings. The normalized spacial score (nSPS) is 11.3. The number of hydrazone groups is 1. The molecule has 0 saturated carbocycles. The molecule has 160 valence electrons. The van der Waals surface area contributed by atoms with Gasteiger partial charge in [-0.15, -0.1) is 0 Å².